The fourth-order valence-corrected chi connectivity index (χ4v) is 3.29. The lowest BCUT2D eigenvalue weighted by atomic mass is 10.00. The number of nitrogens with two attached hydrogens (primary N) is 1. The molecule has 1 aromatic heterocycles. The summed E-state index contributed by atoms with van der Waals surface area (Å²) in [5.41, 5.74) is 12.8. The maximum absolute atomic E-state index is 6.25. The summed E-state index contributed by atoms with van der Waals surface area (Å²) in [6, 6.07) is 22.0. The van der Waals surface area contributed by atoms with E-state index in [1.54, 1.807) is 6.20 Å². The van der Waals surface area contributed by atoms with Gasteiger partial charge in [-0.2, -0.15) is 0 Å². The second kappa shape index (κ2) is 7.00. The van der Waals surface area contributed by atoms with Crippen LogP contribution in [0.15, 0.2) is 83.2 Å². The minimum Gasteiger partial charge on any atom is -0.396 e. The number of fused-ring (bicyclic) bond motifs is 1. The van der Waals surface area contributed by atoms with E-state index in [4.69, 9.17) is 5.73 Å². The molecule has 0 spiro atoms. The summed E-state index contributed by atoms with van der Waals surface area (Å²) in [7, 11) is 0. The highest BCUT2D eigenvalue weighted by Crippen LogP contribution is 2.32. The highest BCUT2D eigenvalue weighted by molar-refractivity contribution is 5.97. The number of anilines is 1. The molecule has 0 aliphatic rings. The molecule has 3 aromatic carbocycles. The smallest absolute Gasteiger partial charge is 0.109 e. The Morgan fingerprint density at radius 2 is 1.56 bits per heavy atom. The fraction of sp³-hybridized carbons (Fsp3) is 0.0870. The van der Waals surface area contributed by atoms with Crippen LogP contribution in [0.1, 0.15) is 11.1 Å². The number of hydrogen-bond donors (Lipinski definition) is 1. The SMILES string of the molecule is Cc1cccc(C)c1-c1ccc(N=Nc2ccc3ccccc3c2N)cn1. The van der Waals surface area contributed by atoms with Gasteiger partial charge in [0, 0.05) is 10.9 Å². The van der Waals surface area contributed by atoms with Crippen LogP contribution in [0.4, 0.5) is 17.1 Å². The van der Waals surface area contributed by atoms with Gasteiger partial charge in [0.15, 0.2) is 0 Å². The molecule has 1 heterocycles. The van der Waals surface area contributed by atoms with Crippen LogP contribution in [0.25, 0.3) is 22.0 Å². The molecule has 0 amide bonds. The average molecular weight is 352 g/mol. The zero-order chi connectivity index (χ0) is 18.8. The van der Waals surface area contributed by atoms with Gasteiger partial charge < -0.3 is 5.73 Å². The van der Waals surface area contributed by atoms with E-state index < -0.39 is 0 Å². The molecule has 0 aliphatic heterocycles. The van der Waals surface area contributed by atoms with Crippen molar-refractivity contribution < 1.29 is 0 Å². The topological polar surface area (TPSA) is 63.6 Å². The summed E-state index contributed by atoms with van der Waals surface area (Å²) in [4.78, 5) is 4.57. The predicted octanol–water partition coefficient (Wildman–Crippen LogP) is 6.52. The first-order chi connectivity index (χ1) is 13.1. The van der Waals surface area contributed by atoms with Crippen molar-refractivity contribution in [3.63, 3.8) is 0 Å². The van der Waals surface area contributed by atoms with Crippen molar-refractivity contribution in [1.29, 1.82) is 0 Å². The third-order valence-electron chi connectivity index (χ3n) is 4.71. The Morgan fingerprint density at radius 1 is 0.778 bits per heavy atom. The van der Waals surface area contributed by atoms with E-state index in [9.17, 15) is 0 Å². The van der Waals surface area contributed by atoms with Gasteiger partial charge in [0.25, 0.3) is 0 Å². The average Bonchev–Trinajstić information content (AvgIpc) is 2.69. The molecule has 132 valence electrons. The highest BCUT2D eigenvalue weighted by atomic mass is 15.1. The molecule has 4 rings (SSSR count). The third-order valence-corrected chi connectivity index (χ3v) is 4.71. The van der Waals surface area contributed by atoms with Crippen LogP contribution in [0.2, 0.25) is 0 Å². The molecule has 0 fully saturated rings. The van der Waals surface area contributed by atoms with E-state index in [1.165, 1.54) is 16.7 Å². The number of nitrogens with zero attached hydrogens (tertiary/aromatic N) is 3. The standard InChI is InChI=1S/C23H20N4/c1-15-6-5-7-16(2)22(15)20-13-11-18(14-25-20)26-27-21-12-10-17-8-3-4-9-19(17)23(21)24/h3-14H,24H2,1-2H3. The van der Waals surface area contributed by atoms with Gasteiger partial charge in [0.05, 0.1) is 17.6 Å². The first-order valence-electron chi connectivity index (χ1n) is 8.85. The van der Waals surface area contributed by atoms with Crippen LogP contribution < -0.4 is 5.73 Å². The zero-order valence-corrected chi connectivity index (χ0v) is 15.3. The second-order valence-corrected chi connectivity index (χ2v) is 6.59. The van der Waals surface area contributed by atoms with Gasteiger partial charge in [-0.25, -0.2) is 0 Å². The Labute approximate surface area is 158 Å². The van der Waals surface area contributed by atoms with Crippen LogP contribution in [0.3, 0.4) is 0 Å². The summed E-state index contributed by atoms with van der Waals surface area (Å²) in [6.07, 6.45) is 1.74. The summed E-state index contributed by atoms with van der Waals surface area (Å²) >= 11 is 0. The minimum atomic E-state index is 0.636. The van der Waals surface area contributed by atoms with Crippen LogP contribution in [0, 0.1) is 13.8 Å². The molecule has 4 heteroatoms. The zero-order valence-electron chi connectivity index (χ0n) is 15.3. The highest BCUT2D eigenvalue weighted by Gasteiger charge is 2.07. The Balaban J connectivity index is 1.63. The number of hydrogen-bond acceptors (Lipinski definition) is 4. The van der Waals surface area contributed by atoms with Gasteiger partial charge in [0.2, 0.25) is 0 Å². The van der Waals surface area contributed by atoms with E-state index in [0.717, 1.165) is 16.5 Å². The first-order valence-corrected chi connectivity index (χ1v) is 8.85. The Bertz CT molecular complexity index is 1120. The Morgan fingerprint density at radius 3 is 2.30 bits per heavy atom. The summed E-state index contributed by atoms with van der Waals surface area (Å²) in [6.45, 7) is 4.19. The number of nitrogen functional groups attached to an aromatic ring is 1. The van der Waals surface area contributed by atoms with Crippen molar-refractivity contribution >= 4 is 27.8 Å². The second-order valence-electron chi connectivity index (χ2n) is 6.59. The molecular weight excluding hydrogens is 332 g/mol. The molecule has 0 aliphatic carbocycles. The quantitative estimate of drug-likeness (QED) is 0.337. The summed E-state index contributed by atoms with van der Waals surface area (Å²) in [5, 5.41) is 10.7. The number of aromatic nitrogens is 1. The number of aryl methyl sites for hydroxylation is 2. The molecule has 2 N–H and O–H groups in total. The molecule has 0 atom stereocenters. The van der Waals surface area contributed by atoms with E-state index in [2.05, 4.69) is 47.3 Å². The molecular formula is C23H20N4. The summed E-state index contributed by atoms with van der Waals surface area (Å²) in [5.74, 6) is 0. The number of rotatable bonds is 3. The lowest BCUT2D eigenvalue weighted by molar-refractivity contribution is 1.20. The third kappa shape index (κ3) is 3.29. The molecule has 0 radical (unpaired) electrons. The van der Waals surface area contributed by atoms with Gasteiger partial charge in [-0.3, -0.25) is 4.98 Å². The molecule has 0 saturated carbocycles. The molecule has 0 unspecified atom stereocenters. The van der Waals surface area contributed by atoms with E-state index in [1.807, 2.05) is 48.5 Å². The molecule has 0 saturated heterocycles. The van der Waals surface area contributed by atoms with Crippen molar-refractivity contribution in [2.45, 2.75) is 13.8 Å². The number of benzene rings is 3. The molecule has 27 heavy (non-hydrogen) atoms. The van der Waals surface area contributed by atoms with Crippen LogP contribution >= 0.6 is 0 Å². The van der Waals surface area contributed by atoms with Gasteiger partial charge >= 0.3 is 0 Å². The maximum Gasteiger partial charge on any atom is 0.109 e. The largest absolute Gasteiger partial charge is 0.396 e. The van der Waals surface area contributed by atoms with Crippen molar-refractivity contribution in [3.05, 3.63) is 84.1 Å². The first kappa shape index (κ1) is 16.9. The van der Waals surface area contributed by atoms with Gasteiger partial charge in [0.1, 0.15) is 11.4 Å². The van der Waals surface area contributed by atoms with Crippen molar-refractivity contribution in [2.75, 3.05) is 5.73 Å². The van der Waals surface area contributed by atoms with Crippen LogP contribution in [0.5, 0.6) is 0 Å². The van der Waals surface area contributed by atoms with E-state index in [-0.39, 0.29) is 0 Å². The van der Waals surface area contributed by atoms with Gasteiger partial charge in [-0.1, -0.05) is 48.5 Å². The van der Waals surface area contributed by atoms with Gasteiger partial charge in [-0.05, 0) is 48.6 Å². The fourth-order valence-electron chi connectivity index (χ4n) is 3.29. The van der Waals surface area contributed by atoms with Gasteiger partial charge in [-0.15, -0.1) is 10.2 Å². The van der Waals surface area contributed by atoms with Crippen molar-refractivity contribution in [1.82, 2.24) is 4.98 Å². The van der Waals surface area contributed by atoms with E-state index in [0.29, 0.717) is 17.1 Å². The lowest BCUT2D eigenvalue weighted by Crippen LogP contribution is -1.90. The number of pyridine rings is 1. The number of azo groups is 1. The van der Waals surface area contributed by atoms with Crippen LogP contribution in [-0.4, -0.2) is 4.98 Å². The molecule has 4 aromatic rings. The minimum absolute atomic E-state index is 0.636. The van der Waals surface area contributed by atoms with Crippen LogP contribution in [-0.2, 0) is 0 Å². The monoisotopic (exact) mass is 352 g/mol. The van der Waals surface area contributed by atoms with Crippen molar-refractivity contribution in [2.24, 2.45) is 10.2 Å². The Hall–Kier alpha value is -3.53. The summed E-state index contributed by atoms with van der Waals surface area (Å²) < 4.78 is 0. The molecule has 4 nitrogen and oxygen atoms in total. The lowest BCUT2D eigenvalue weighted by Gasteiger charge is -2.08. The predicted molar refractivity (Wildman–Crippen MR) is 112 cm³/mol. The normalized spacial score (nSPS) is 11.3. The van der Waals surface area contributed by atoms with E-state index >= 15 is 0 Å². The Kier molecular flexibility index (Phi) is 4.38. The van der Waals surface area contributed by atoms with Crippen molar-refractivity contribution in [3.8, 4) is 11.3 Å². The maximum atomic E-state index is 6.25. The molecule has 0 bridgehead atoms.